The van der Waals surface area contributed by atoms with Crippen LogP contribution in [0.2, 0.25) is 0 Å². The van der Waals surface area contributed by atoms with Crippen LogP contribution in [0.1, 0.15) is 13.3 Å². The zero-order valence-electron chi connectivity index (χ0n) is 12.7. The first kappa shape index (κ1) is 13.1. The molecule has 0 radical (unpaired) electrons. The number of hydrogen-bond acceptors (Lipinski definition) is 1. The first-order chi connectivity index (χ1) is 10.9. The molecule has 0 spiro atoms. The molecule has 0 aliphatic heterocycles. The van der Waals surface area contributed by atoms with E-state index in [4.69, 9.17) is 0 Å². The van der Waals surface area contributed by atoms with Crippen LogP contribution < -0.4 is 0 Å². The lowest BCUT2D eigenvalue weighted by atomic mass is 10.1. The van der Waals surface area contributed by atoms with E-state index in [-0.39, 0.29) is 0 Å². The van der Waals surface area contributed by atoms with Crippen LogP contribution in [0.4, 0.5) is 0 Å². The lowest BCUT2D eigenvalue weighted by Crippen LogP contribution is -1.95. The minimum absolute atomic E-state index is 1.02. The minimum Gasteiger partial charge on any atom is -0.340 e. The van der Waals surface area contributed by atoms with Gasteiger partial charge in [-0.1, -0.05) is 37.3 Å². The molecule has 0 aliphatic carbocycles. The third-order valence-electron chi connectivity index (χ3n) is 4.18. The third-order valence-corrected chi connectivity index (χ3v) is 4.18. The van der Waals surface area contributed by atoms with E-state index in [1.807, 2.05) is 18.3 Å². The van der Waals surface area contributed by atoms with Gasteiger partial charge in [0.15, 0.2) is 0 Å². The van der Waals surface area contributed by atoms with E-state index in [1.54, 1.807) is 0 Å². The molecule has 0 saturated heterocycles. The largest absolute Gasteiger partial charge is 0.340 e. The quantitative estimate of drug-likeness (QED) is 0.502. The molecule has 2 nitrogen and oxygen atoms in total. The Kier molecular flexibility index (Phi) is 3.15. The second-order valence-corrected chi connectivity index (χ2v) is 5.62. The van der Waals surface area contributed by atoms with Crippen LogP contribution in [0, 0.1) is 0 Å². The SMILES string of the molecule is CCCn1c2ccccc2c2cc(-c3ccccn3)ccc21. The molecule has 0 unspecified atom stereocenters. The summed E-state index contributed by atoms with van der Waals surface area (Å²) in [5.41, 5.74) is 4.82. The lowest BCUT2D eigenvalue weighted by Gasteiger charge is -2.05. The molecule has 2 aromatic carbocycles. The van der Waals surface area contributed by atoms with E-state index in [0.717, 1.165) is 18.7 Å². The monoisotopic (exact) mass is 286 g/mol. The van der Waals surface area contributed by atoms with Crippen LogP contribution in [0.5, 0.6) is 0 Å². The highest BCUT2D eigenvalue weighted by Gasteiger charge is 2.10. The molecule has 0 saturated carbocycles. The predicted molar refractivity (Wildman–Crippen MR) is 93.0 cm³/mol. The summed E-state index contributed by atoms with van der Waals surface area (Å²) in [4.78, 5) is 4.47. The van der Waals surface area contributed by atoms with E-state index in [0.29, 0.717) is 0 Å². The number of nitrogens with zero attached hydrogens (tertiary/aromatic N) is 2. The van der Waals surface area contributed by atoms with Gasteiger partial charge in [0, 0.05) is 40.1 Å². The van der Waals surface area contributed by atoms with Gasteiger partial charge < -0.3 is 4.57 Å². The van der Waals surface area contributed by atoms with Gasteiger partial charge in [-0.15, -0.1) is 0 Å². The van der Waals surface area contributed by atoms with E-state index in [2.05, 4.69) is 65.0 Å². The Morgan fingerprint density at radius 1 is 0.864 bits per heavy atom. The zero-order chi connectivity index (χ0) is 14.9. The summed E-state index contributed by atoms with van der Waals surface area (Å²) in [6.07, 6.45) is 2.98. The van der Waals surface area contributed by atoms with Crippen LogP contribution in [-0.4, -0.2) is 9.55 Å². The molecule has 108 valence electrons. The highest BCUT2D eigenvalue weighted by atomic mass is 15.0. The Labute approximate surface area is 130 Å². The van der Waals surface area contributed by atoms with Gasteiger partial charge in [0.25, 0.3) is 0 Å². The summed E-state index contributed by atoms with van der Waals surface area (Å²) in [6.45, 7) is 3.27. The Hall–Kier alpha value is -2.61. The number of para-hydroxylation sites is 1. The summed E-state index contributed by atoms with van der Waals surface area (Å²) in [7, 11) is 0. The fourth-order valence-electron chi connectivity index (χ4n) is 3.21. The smallest absolute Gasteiger partial charge is 0.0702 e. The molecule has 0 fully saturated rings. The van der Waals surface area contributed by atoms with Crippen molar-refractivity contribution in [3.05, 3.63) is 66.9 Å². The molecular formula is C20H18N2. The number of pyridine rings is 1. The van der Waals surface area contributed by atoms with Crippen molar-refractivity contribution >= 4 is 21.8 Å². The van der Waals surface area contributed by atoms with Crippen LogP contribution in [0.15, 0.2) is 66.9 Å². The average Bonchev–Trinajstić information content (AvgIpc) is 2.90. The van der Waals surface area contributed by atoms with Crippen molar-refractivity contribution in [3.8, 4) is 11.3 Å². The van der Waals surface area contributed by atoms with Gasteiger partial charge in [-0.25, -0.2) is 0 Å². The highest BCUT2D eigenvalue weighted by molar-refractivity contribution is 6.09. The van der Waals surface area contributed by atoms with Gasteiger partial charge in [-0.2, -0.15) is 0 Å². The Morgan fingerprint density at radius 2 is 1.68 bits per heavy atom. The maximum absolute atomic E-state index is 4.47. The number of rotatable bonds is 3. The third kappa shape index (κ3) is 2.00. The molecule has 4 aromatic rings. The number of fused-ring (bicyclic) bond motifs is 3. The number of hydrogen-bond donors (Lipinski definition) is 0. The molecule has 0 amide bonds. The Balaban J connectivity index is 2.02. The van der Waals surface area contributed by atoms with Gasteiger partial charge in [0.2, 0.25) is 0 Å². The summed E-state index contributed by atoms with van der Waals surface area (Å²) in [5, 5.41) is 2.64. The summed E-state index contributed by atoms with van der Waals surface area (Å²) < 4.78 is 2.42. The normalized spacial score (nSPS) is 11.3. The van der Waals surface area contributed by atoms with E-state index in [9.17, 15) is 0 Å². The van der Waals surface area contributed by atoms with E-state index in [1.165, 1.54) is 27.4 Å². The van der Waals surface area contributed by atoms with Crippen molar-refractivity contribution in [1.29, 1.82) is 0 Å². The van der Waals surface area contributed by atoms with Gasteiger partial charge in [0.1, 0.15) is 0 Å². The number of aromatic nitrogens is 2. The Bertz CT molecular complexity index is 936. The molecule has 2 heteroatoms. The van der Waals surface area contributed by atoms with Crippen molar-refractivity contribution < 1.29 is 0 Å². The maximum atomic E-state index is 4.47. The number of aryl methyl sites for hydroxylation is 1. The summed E-state index contributed by atoms with van der Waals surface area (Å²) in [5.74, 6) is 0. The zero-order valence-corrected chi connectivity index (χ0v) is 12.7. The first-order valence-corrected chi connectivity index (χ1v) is 7.81. The second kappa shape index (κ2) is 5.30. The molecule has 0 N–H and O–H groups in total. The lowest BCUT2D eigenvalue weighted by molar-refractivity contribution is 0.724. The predicted octanol–water partition coefficient (Wildman–Crippen LogP) is 5.27. The van der Waals surface area contributed by atoms with Gasteiger partial charge >= 0.3 is 0 Å². The van der Waals surface area contributed by atoms with Gasteiger partial charge in [-0.3, -0.25) is 4.98 Å². The first-order valence-electron chi connectivity index (χ1n) is 7.81. The van der Waals surface area contributed by atoms with Crippen LogP contribution in [0.25, 0.3) is 33.1 Å². The van der Waals surface area contributed by atoms with Crippen molar-refractivity contribution in [2.24, 2.45) is 0 Å². The average molecular weight is 286 g/mol. The number of benzene rings is 2. The molecular weight excluding hydrogens is 268 g/mol. The molecule has 22 heavy (non-hydrogen) atoms. The Morgan fingerprint density at radius 3 is 2.50 bits per heavy atom. The molecule has 4 rings (SSSR count). The van der Waals surface area contributed by atoms with Crippen LogP contribution >= 0.6 is 0 Å². The highest BCUT2D eigenvalue weighted by Crippen LogP contribution is 2.32. The molecule has 0 aliphatic rings. The second-order valence-electron chi connectivity index (χ2n) is 5.62. The molecule has 2 heterocycles. The standard InChI is InChI=1S/C20H18N2/c1-2-13-22-19-9-4-3-7-16(19)17-14-15(10-11-20(17)22)18-8-5-6-12-21-18/h3-12,14H,2,13H2,1H3. The van der Waals surface area contributed by atoms with Gasteiger partial charge in [-0.05, 0) is 36.8 Å². The van der Waals surface area contributed by atoms with Crippen molar-refractivity contribution in [2.45, 2.75) is 19.9 Å². The van der Waals surface area contributed by atoms with Crippen molar-refractivity contribution in [2.75, 3.05) is 0 Å². The maximum Gasteiger partial charge on any atom is 0.0702 e. The van der Waals surface area contributed by atoms with Crippen LogP contribution in [-0.2, 0) is 6.54 Å². The molecule has 0 atom stereocenters. The van der Waals surface area contributed by atoms with Gasteiger partial charge in [0.05, 0.1) is 5.69 Å². The fourth-order valence-corrected chi connectivity index (χ4v) is 3.21. The van der Waals surface area contributed by atoms with E-state index < -0.39 is 0 Å². The minimum atomic E-state index is 1.02. The molecule has 2 aromatic heterocycles. The summed E-state index contributed by atoms with van der Waals surface area (Å²) in [6, 6.07) is 21.4. The topological polar surface area (TPSA) is 17.8 Å². The molecule has 0 bridgehead atoms. The van der Waals surface area contributed by atoms with Crippen molar-refractivity contribution in [3.63, 3.8) is 0 Å². The summed E-state index contributed by atoms with van der Waals surface area (Å²) >= 11 is 0. The van der Waals surface area contributed by atoms with Crippen LogP contribution in [0.3, 0.4) is 0 Å². The van der Waals surface area contributed by atoms with Crippen molar-refractivity contribution in [1.82, 2.24) is 9.55 Å². The fraction of sp³-hybridized carbons (Fsp3) is 0.150. The van der Waals surface area contributed by atoms with E-state index >= 15 is 0 Å².